The second-order valence-corrected chi connectivity index (χ2v) is 7.83. The predicted molar refractivity (Wildman–Crippen MR) is 82.9 cm³/mol. The summed E-state index contributed by atoms with van der Waals surface area (Å²) in [6, 6.07) is 3.68. The van der Waals surface area contributed by atoms with Crippen LogP contribution in [-0.2, 0) is 10.0 Å². The Morgan fingerprint density at radius 3 is 2.64 bits per heavy atom. The van der Waals surface area contributed by atoms with Crippen LogP contribution in [0.2, 0.25) is 0 Å². The quantitative estimate of drug-likeness (QED) is 0.896. The van der Waals surface area contributed by atoms with E-state index in [2.05, 4.69) is 9.71 Å². The van der Waals surface area contributed by atoms with E-state index in [4.69, 9.17) is 0 Å². The van der Waals surface area contributed by atoms with Crippen molar-refractivity contribution in [1.29, 1.82) is 0 Å². The third-order valence-corrected chi connectivity index (χ3v) is 5.93. The summed E-state index contributed by atoms with van der Waals surface area (Å²) in [4.78, 5) is 13.2. The number of benzene rings is 1. The molecular formula is C14H15FN2O3S2. The van der Waals surface area contributed by atoms with Gasteiger partial charge in [-0.25, -0.2) is 17.5 Å². The number of halogens is 1. The van der Waals surface area contributed by atoms with Gasteiger partial charge in [-0.2, -0.15) is 0 Å². The molecule has 0 atom stereocenters. The van der Waals surface area contributed by atoms with Gasteiger partial charge in [0.1, 0.15) is 10.7 Å². The van der Waals surface area contributed by atoms with Crippen LogP contribution in [0.15, 0.2) is 33.3 Å². The fourth-order valence-electron chi connectivity index (χ4n) is 2.62. The highest BCUT2D eigenvalue weighted by atomic mass is 32.2. The summed E-state index contributed by atoms with van der Waals surface area (Å²) in [7, 11) is -3.91. The van der Waals surface area contributed by atoms with E-state index < -0.39 is 15.8 Å². The van der Waals surface area contributed by atoms with Gasteiger partial charge in [0.05, 0.1) is 5.69 Å². The molecule has 2 N–H and O–H groups in total. The first-order chi connectivity index (χ1) is 10.5. The molecule has 8 heteroatoms. The summed E-state index contributed by atoms with van der Waals surface area (Å²) >= 11 is 0.973. The summed E-state index contributed by atoms with van der Waals surface area (Å²) in [6.07, 6.45) is 3.51. The van der Waals surface area contributed by atoms with E-state index in [-0.39, 0.29) is 15.8 Å². The number of aromatic amines is 1. The molecule has 0 unspecified atom stereocenters. The lowest BCUT2D eigenvalue weighted by molar-refractivity contribution is 0.537. The zero-order valence-electron chi connectivity index (χ0n) is 11.6. The number of thiazole rings is 1. The molecule has 1 aromatic heterocycles. The number of aromatic nitrogens is 1. The molecule has 1 saturated carbocycles. The van der Waals surface area contributed by atoms with Gasteiger partial charge >= 0.3 is 4.87 Å². The molecule has 2 aromatic rings. The minimum absolute atomic E-state index is 0.131. The van der Waals surface area contributed by atoms with E-state index in [1.807, 2.05) is 0 Å². The van der Waals surface area contributed by atoms with Crippen molar-refractivity contribution >= 4 is 21.4 Å². The largest absolute Gasteiger partial charge is 0.312 e. The van der Waals surface area contributed by atoms with Gasteiger partial charge in [0, 0.05) is 17.0 Å². The maximum atomic E-state index is 14.0. The van der Waals surface area contributed by atoms with Crippen molar-refractivity contribution in [3.05, 3.63) is 39.1 Å². The highest BCUT2D eigenvalue weighted by Crippen LogP contribution is 2.25. The Morgan fingerprint density at radius 1 is 1.27 bits per heavy atom. The molecule has 0 spiro atoms. The van der Waals surface area contributed by atoms with Gasteiger partial charge in [-0.05, 0) is 31.0 Å². The van der Waals surface area contributed by atoms with Gasteiger partial charge in [-0.1, -0.05) is 24.2 Å². The van der Waals surface area contributed by atoms with Crippen LogP contribution in [-0.4, -0.2) is 19.4 Å². The van der Waals surface area contributed by atoms with Crippen molar-refractivity contribution in [2.75, 3.05) is 0 Å². The number of rotatable bonds is 4. The van der Waals surface area contributed by atoms with E-state index in [9.17, 15) is 17.6 Å². The molecule has 1 aromatic carbocycles. The maximum absolute atomic E-state index is 14.0. The normalized spacial score (nSPS) is 16.2. The maximum Gasteiger partial charge on any atom is 0.304 e. The first-order valence-electron chi connectivity index (χ1n) is 6.96. The van der Waals surface area contributed by atoms with Crippen LogP contribution in [0.3, 0.4) is 0 Å². The van der Waals surface area contributed by atoms with E-state index in [1.54, 1.807) is 5.38 Å². The van der Waals surface area contributed by atoms with Crippen LogP contribution >= 0.6 is 11.3 Å². The Morgan fingerprint density at radius 2 is 2.00 bits per heavy atom. The van der Waals surface area contributed by atoms with Gasteiger partial charge in [-0.15, -0.1) is 0 Å². The number of nitrogens with one attached hydrogen (secondary N) is 2. The molecule has 0 saturated heterocycles. The third kappa shape index (κ3) is 3.13. The van der Waals surface area contributed by atoms with Gasteiger partial charge in [0.25, 0.3) is 0 Å². The predicted octanol–water partition coefficient (Wildman–Crippen LogP) is 2.46. The van der Waals surface area contributed by atoms with Crippen molar-refractivity contribution < 1.29 is 12.8 Å². The highest BCUT2D eigenvalue weighted by Gasteiger charge is 2.25. The summed E-state index contributed by atoms with van der Waals surface area (Å²) in [5, 5.41) is 1.58. The SMILES string of the molecule is O=c1[nH]c(-c2ccc(F)c(S(=O)(=O)NC3CCCC3)c2)cs1. The molecule has 0 amide bonds. The van der Waals surface area contributed by atoms with Crippen LogP contribution in [0, 0.1) is 5.82 Å². The monoisotopic (exact) mass is 342 g/mol. The van der Waals surface area contributed by atoms with E-state index in [1.165, 1.54) is 12.1 Å². The highest BCUT2D eigenvalue weighted by molar-refractivity contribution is 7.89. The zero-order valence-corrected chi connectivity index (χ0v) is 13.3. The molecular weight excluding hydrogens is 327 g/mol. The first-order valence-corrected chi connectivity index (χ1v) is 9.32. The molecule has 1 fully saturated rings. The molecule has 1 heterocycles. The fourth-order valence-corrected chi connectivity index (χ4v) is 4.62. The van der Waals surface area contributed by atoms with E-state index >= 15 is 0 Å². The van der Waals surface area contributed by atoms with E-state index in [0.29, 0.717) is 11.3 Å². The van der Waals surface area contributed by atoms with E-state index in [0.717, 1.165) is 43.1 Å². The number of hydrogen-bond acceptors (Lipinski definition) is 4. The smallest absolute Gasteiger partial charge is 0.304 e. The average Bonchev–Trinajstić information content (AvgIpc) is 3.10. The fraction of sp³-hybridized carbons (Fsp3) is 0.357. The Bertz CT molecular complexity index is 836. The Hall–Kier alpha value is -1.51. The Balaban J connectivity index is 1.96. The Labute approximate surface area is 131 Å². The van der Waals surface area contributed by atoms with Crippen molar-refractivity contribution in [3.63, 3.8) is 0 Å². The molecule has 1 aliphatic carbocycles. The first kappa shape index (κ1) is 15.4. The summed E-state index contributed by atoms with van der Waals surface area (Å²) in [6.45, 7) is 0. The number of H-pyrrole nitrogens is 1. The minimum Gasteiger partial charge on any atom is -0.312 e. The topological polar surface area (TPSA) is 79.0 Å². The zero-order chi connectivity index (χ0) is 15.7. The average molecular weight is 342 g/mol. The molecule has 0 radical (unpaired) electrons. The van der Waals surface area contributed by atoms with Gasteiger partial charge < -0.3 is 4.98 Å². The van der Waals surface area contributed by atoms with Gasteiger partial charge in [0.15, 0.2) is 0 Å². The second kappa shape index (κ2) is 5.94. The number of sulfonamides is 1. The third-order valence-electron chi connectivity index (χ3n) is 3.73. The van der Waals surface area contributed by atoms with Crippen LogP contribution in [0.1, 0.15) is 25.7 Å². The Kier molecular flexibility index (Phi) is 4.16. The lowest BCUT2D eigenvalue weighted by Crippen LogP contribution is -2.33. The molecule has 5 nitrogen and oxygen atoms in total. The van der Waals surface area contributed by atoms with Crippen molar-refractivity contribution in [3.8, 4) is 11.3 Å². The van der Waals surface area contributed by atoms with Gasteiger partial charge in [0.2, 0.25) is 10.0 Å². The van der Waals surface area contributed by atoms with Crippen molar-refractivity contribution in [1.82, 2.24) is 9.71 Å². The summed E-state index contributed by atoms with van der Waals surface area (Å²) in [5.41, 5.74) is 0.943. The van der Waals surface area contributed by atoms with Crippen LogP contribution in [0.5, 0.6) is 0 Å². The van der Waals surface area contributed by atoms with Crippen LogP contribution in [0.4, 0.5) is 4.39 Å². The lowest BCUT2D eigenvalue weighted by atomic mass is 10.2. The molecule has 3 rings (SSSR count). The lowest BCUT2D eigenvalue weighted by Gasteiger charge is -2.13. The van der Waals surface area contributed by atoms with Crippen LogP contribution < -0.4 is 9.60 Å². The van der Waals surface area contributed by atoms with Gasteiger partial charge in [-0.3, -0.25) is 4.79 Å². The number of hydrogen-bond donors (Lipinski definition) is 2. The second-order valence-electron chi connectivity index (χ2n) is 5.31. The standard InChI is InChI=1S/C14H15FN2O3S2/c15-11-6-5-9(12-8-21-14(18)16-12)7-13(11)22(19,20)17-10-3-1-2-4-10/h5-8,10,17H,1-4H2,(H,16,18). The molecule has 118 valence electrons. The molecule has 22 heavy (non-hydrogen) atoms. The van der Waals surface area contributed by atoms with Crippen molar-refractivity contribution in [2.45, 2.75) is 36.6 Å². The van der Waals surface area contributed by atoms with Crippen molar-refractivity contribution in [2.24, 2.45) is 0 Å². The molecule has 0 bridgehead atoms. The molecule has 1 aliphatic rings. The summed E-state index contributed by atoms with van der Waals surface area (Å²) < 4.78 is 41.3. The molecule has 0 aliphatic heterocycles. The van der Waals surface area contributed by atoms with Crippen LogP contribution in [0.25, 0.3) is 11.3 Å². The minimum atomic E-state index is -3.91. The summed E-state index contributed by atoms with van der Waals surface area (Å²) in [5.74, 6) is -0.799.